The van der Waals surface area contributed by atoms with Crippen molar-refractivity contribution < 1.29 is 24.0 Å². The molecule has 0 radical (unpaired) electrons. The van der Waals surface area contributed by atoms with E-state index in [0.717, 1.165) is 5.69 Å². The van der Waals surface area contributed by atoms with E-state index in [1.807, 2.05) is 7.05 Å². The first kappa shape index (κ1) is 16.2. The zero-order valence-corrected chi connectivity index (χ0v) is 11.4. The van der Waals surface area contributed by atoms with E-state index in [1.54, 1.807) is 24.3 Å². The molecule has 1 aromatic rings. The maximum atomic E-state index is 10.6. The molecule has 1 aliphatic rings. The summed E-state index contributed by atoms with van der Waals surface area (Å²) >= 11 is 0. The number of imide groups is 1. The molecule has 0 unspecified atom stereocenters. The Labute approximate surface area is 120 Å². The second-order valence-electron chi connectivity index (χ2n) is 3.98. The van der Waals surface area contributed by atoms with Gasteiger partial charge in [-0.05, 0) is 24.3 Å². The van der Waals surface area contributed by atoms with Crippen LogP contribution in [0.25, 0.3) is 0 Å². The normalized spacial score (nSPS) is 13.3. The van der Waals surface area contributed by atoms with Gasteiger partial charge >= 0.3 is 6.47 Å². The van der Waals surface area contributed by atoms with E-state index in [9.17, 15) is 19.2 Å². The summed E-state index contributed by atoms with van der Waals surface area (Å²) < 4.78 is 0. The summed E-state index contributed by atoms with van der Waals surface area (Å²) in [6.07, 6.45) is 0.263. The number of hydrogen-bond acceptors (Lipinski definition) is 6. The van der Waals surface area contributed by atoms with Crippen LogP contribution in [0.1, 0.15) is 23.2 Å². The highest BCUT2D eigenvalue weighted by molar-refractivity contribution is 6.01. The average Bonchev–Trinajstić information content (AvgIpc) is 2.80. The molecule has 1 fully saturated rings. The Morgan fingerprint density at radius 2 is 1.76 bits per heavy atom. The van der Waals surface area contributed by atoms with Gasteiger partial charge in [-0.1, -0.05) is 0 Å². The van der Waals surface area contributed by atoms with Gasteiger partial charge in [-0.25, -0.2) is 0 Å². The third-order valence-corrected chi connectivity index (χ3v) is 2.61. The summed E-state index contributed by atoms with van der Waals surface area (Å²) in [5.41, 5.74) is 6.55. The molecule has 0 bridgehead atoms. The quantitative estimate of drug-likeness (QED) is 0.598. The van der Waals surface area contributed by atoms with Gasteiger partial charge in [0.05, 0.1) is 0 Å². The van der Waals surface area contributed by atoms with Gasteiger partial charge in [0.15, 0.2) is 0 Å². The molecule has 1 saturated heterocycles. The third kappa shape index (κ3) is 4.60. The highest BCUT2D eigenvalue weighted by Crippen LogP contribution is 2.10. The second kappa shape index (κ2) is 7.63. The van der Waals surface area contributed by atoms with E-state index in [0.29, 0.717) is 10.6 Å². The largest absolute Gasteiger partial charge is 0.388 e. The van der Waals surface area contributed by atoms with Crippen molar-refractivity contribution in [2.24, 2.45) is 5.73 Å². The van der Waals surface area contributed by atoms with Crippen LogP contribution in [-0.2, 0) is 19.2 Å². The highest BCUT2D eigenvalue weighted by Gasteiger charge is 2.30. The van der Waals surface area contributed by atoms with E-state index in [-0.39, 0.29) is 19.3 Å². The van der Waals surface area contributed by atoms with Gasteiger partial charge in [-0.3, -0.25) is 19.2 Å². The molecule has 1 aromatic carbocycles. The van der Waals surface area contributed by atoms with Crippen molar-refractivity contribution in [2.75, 3.05) is 12.4 Å². The van der Waals surface area contributed by atoms with Gasteiger partial charge in [-0.2, -0.15) is 0 Å². The number of rotatable bonds is 4. The number of nitrogens with zero attached hydrogens (tertiary/aromatic N) is 1. The van der Waals surface area contributed by atoms with Crippen molar-refractivity contribution in [1.29, 1.82) is 0 Å². The molecule has 0 saturated carbocycles. The Hall–Kier alpha value is -2.90. The highest BCUT2D eigenvalue weighted by atomic mass is 16.7. The van der Waals surface area contributed by atoms with Crippen LogP contribution in [0.4, 0.5) is 5.69 Å². The number of hydroxylamine groups is 2. The lowest BCUT2D eigenvalue weighted by atomic mass is 10.2. The molecule has 112 valence electrons. The number of carbonyl (C=O) groups excluding carboxylic acids is 4. The molecule has 1 heterocycles. The zero-order chi connectivity index (χ0) is 15.8. The van der Waals surface area contributed by atoms with Gasteiger partial charge in [0.2, 0.25) is 5.91 Å². The average molecular weight is 293 g/mol. The number of anilines is 1. The lowest BCUT2D eigenvalue weighted by Gasteiger charge is -2.06. The van der Waals surface area contributed by atoms with E-state index >= 15 is 0 Å². The van der Waals surface area contributed by atoms with E-state index < -0.39 is 17.7 Å². The van der Waals surface area contributed by atoms with Crippen molar-refractivity contribution in [3.8, 4) is 0 Å². The monoisotopic (exact) mass is 293 g/mol. The molecule has 1 aliphatic heterocycles. The minimum absolute atomic E-state index is 0.0567. The molecule has 0 atom stereocenters. The SMILES string of the molecule is CNc1ccc(C(N)=O)cc1.O=CON1C(=O)CCC1=O. The summed E-state index contributed by atoms with van der Waals surface area (Å²) in [7, 11) is 1.82. The predicted molar refractivity (Wildman–Crippen MR) is 72.7 cm³/mol. The van der Waals surface area contributed by atoms with Gasteiger partial charge in [-0.15, -0.1) is 5.06 Å². The Bertz CT molecular complexity index is 525. The number of carbonyl (C=O) groups is 4. The number of nitrogens with two attached hydrogens (primary N) is 1. The summed E-state index contributed by atoms with van der Waals surface area (Å²) in [5.74, 6) is -1.32. The lowest BCUT2D eigenvalue weighted by molar-refractivity contribution is -0.188. The van der Waals surface area contributed by atoms with Gasteiger partial charge < -0.3 is 15.9 Å². The van der Waals surface area contributed by atoms with Crippen molar-refractivity contribution in [2.45, 2.75) is 12.8 Å². The molecule has 0 spiro atoms. The van der Waals surface area contributed by atoms with Crippen LogP contribution >= 0.6 is 0 Å². The van der Waals surface area contributed by atoms with Gasteiger partial charge in [0, 0.05) is 31.1 Å². The lowest BCUT2D eigenvalue weighted by Crippen LogP contribution is -2.28. The molecular weight excluding hydrogens is 278 g/mol. The van der Waals surface area contributed by atoms with Crippen molar-refractivity contribution in [1.82, 2.24) is 5.06 Å². The van der Waals surface area contributed by atoms with E-state index in [1.165, 1.54) is 0 Å². The summed E-state index contributed by atoms with van der Waals surface area (Å²) in [4.78, 5) is 45.6. The van der Waals surface area contributed by atoms with E-state index in [2.05, 4.69) is 10.2 Å². The van der Waals surface area contributed by atoms with Crippen LogP contribution in [0.3, 0.4) is 0 Å². The predicted octanol–water partition coefficient (Wildman–Crippen LogP) is 0.0506. The Morgan fingerprint density at radius 3 is 2.14 bits per heavy atom. The smallest absolute Gasteiger partial charge is 0.321 e. The van der Waals surface area contributed by atoms with Crippen LogP contribution in [0, 0.1) is 0 Å². The minimum Gasteiger partial charge on any atom is -0.388 e. The van der Waals surface area contributed by atoms with Crippen LogP contribution in [-0.4, -0.2) is 36.3 Å². The summed E-state index contributed by atoms with van der Waals surface area (Å²) in [6, 6.07) is 6.99. The number of amides is 3. The Morgan fingerprint density at radius 1 is 1.24 bits per heavy atom. The third-order valence-electron chi connectivity index (χ3n) is 2.61. The van der Waals surface area contributed by atoms with Crippen molar-refractivity contribution >= 4 is 29.9 Å². The molecule has 2 rings (SSSR count). The summed E-state index contributed by atoms with van der Waals surface area (Å²) in [6.45, 7) is 0.0567. The fourth-order valence-electron chi connectivity index (χ4n) is 1.52. The zero-order valence-electron chi connectivity index (χ0n) is 11.4. The first-order chi connectivity index (χ1) is 9.99. The fourth-order valence-corrected chi connectivity index (χ4v) is 1.52. The van der Waals surface area contributed by atoms with Crippen LogP contribution in [0.2, 0.25) is 0 Å². The van der Waals surface area contributed by atoms with Crippen LogP contribution in [0.5, 0.6) is 0 Å². The minimum atomic E-state index is -0.461. The second-order valence-corrected chi connectivity index (χ2v) is 3.98. The fraction of sp³-hybridized carbons (Fsp3) is 0.231. The first-order valence-corrected chi connectivity index (χ1v) is 6.03. The number of benzene rings is 1. The number of primary amides is 1. The molecule has 8 heteroatoms. The van der Waals surface area contributed by atoms with Crippen molar-refractivity contribution in [3.05, 3.63) is 29.8 Å². The topological polar surface area (TPSA) is 119 Å². The molecule has 0 aromatic heterocycles. The molecule has 0 aliphatic carbocycles. The molecule has 8 nitrogen and oxygen atoms in total. The maximum absolute atomic E-state index is 10.6. The standard InChI is InChI=1S/C8H10N2O.C5H5NO4/c1-10-7-4-2-6(3-5-7)8(9)11;7-3-10-6-4(8)1-2-5(6)9/h2-5,10H,1H3,(H2,9,11);3H,1-2H2. The first-order valence-electron chi connectivity index (χ1n) is 6.03. The molecule has 21 heavy (non-hydrogen) atoms. The van der Waals surface area contributed by atoms with Crippen LogP contribution < -0.4 is 11.1 Å². The Balaban J connectivity index is 0.000000211. The van der Waals surface area contributed by atoms with E-state index in [4.69, 9.17) is 5.73 Å². The molecular formula is C13H15N3O5. The molecule has 3 N–H and O–H groups in total. The van der Waals surface area contributed by atoms with Crippen molar-refractivity contribution in [3.63, 3.8) is 0 Å². The van der Waals surface area contributed by atoms with Gasteiger partial charge in [0.1, 0.15) is 0 Å². The van der Waals surface area contributed by atoms with Crippen LogP contribution in [0.15, 0.2) is 24.3 Å². The number of hydrogen-bond donors (Lipinski definition) is 2. The molecule has 3 amide bonds. The van der Waals surface area contributed by atoms with Gasteiger partial charge in [0.25, 0.3) is 11.8 Å². The Kier molecular flexibility index (Phi) is 5.87. The maximum Gasteiger partial charge on any atom is 0.321 e. The number of nitrogens with one attached hydrogen (secondary N) is 1. The summed E-state index contributed by atoms with van der Waals surface area (Å²) in [5, 5.41) is 3.42.